The van der Waals surface area contributed by atoms with Crippen molar-refractivity contribution in [2.75, 3.05) is 25.5 Å². The molecule has 1 atom stereocenters. The largest absolute Gasteiger partial charge is 0.496 e. The van der Waals surface area contributed by atoms with Crippen LogP contribution in [0.3, 0.4) is 0 Å². The van der Waals surface area contributed by atoms with Gasteiger partial charge in [-0.25, -0.2) is 0 Å². The van der Waals surface area contributed by atoms with E-state index >= 15 is 0 Å². The maximum absolute atomic E-state index is 12.6. The summed E-state index contributed by atoms with van der Waals surface area (Å²) in [6.45, 7) is 4.89. The maximum Gasteiger partial charge on any atom is 0.249 e. The van der Waals surface area contributed by atoms with E-state index in [1.807, 2.05) is 38.1 Å². The van der Waals surface area contributed by atoms with Gasteiger partial charge >= 0.3 is 0 Å². The SMILES string of the molecule is COc1ccccc1-c1nc(NC(=O)[C@@H]2CCCN(C(=O)C(C)C)C2)n[nH]1. The third-order valence-electron chi connectivity index (χ3n) is 4.68. The van der Waals surface area contributed by atoms with Crippen molar-refractivity contribution >= 4 is 17.8 Å². The van der Waals surface area contributed by atoms with Crippen LogP contribution in [0.5, 0.6) is 5.75 Å². The quantitative estimate of drug-likeness (QED) is 0.840. The number of hydrogen-bond acceptors (Lipinski definition) is 5. The van der Waals surface area contributed by atoms with Crippen molar-refractivity contribution in [2.24, 2.45) is 11.8 Å². The summed E-state index contributed by atoms with van der Waals surface area (Å²) in [4.78, 5) is 30.9. The highest BCUT2D eigenvalue weighted by Gasteiger charge is 2.29. The van der Waals surface area contributed by atoms with E-state index in [1.165, 1.54) is 0 Å². The molecule has 2 amide bonds. The number of aromatic amines is 1. The number of carbonyl (C=O) groups is 2. The topological polar surface area (TPSA) is 100 Å². The molecule has 1 aliphatic rings. The molecule has 8 nitrogen and oxygen atoms in total. The highest BCUT2D eigenvalue weighted by atomic mass is 16.5. The number of nitrogens with one attached hydrogen (secondary N) is 2. The van der Waals surface area contributed by atoms with Gasteiger partial charge in [0.25, 0.3) is 0 Å². The van der Waals surface area contributed by atoms with Crippen LogP contribution in [-0.2, 0) is 9.59 Å². The third-order valence-corrected chi connectivity index (χ3v) is 4.68. The van der Waals surface area contributed by atoms with Gasteiger partial charge in [-0.2, -0.15) is 4.98 Å². The number of H-pyrrole nitrogens is 1. The lowest BCUT2D eigenvalue weighted by Gasteiger charge is -2.32. The van der Waals surface area contributed by atoms with Gasteiger partial charge in [-0.1, -0.05) is 26.0 Å². The number of benzene rings is 1. The number of methoxy groups -OCH3 is 1. The van der Waals surface area contributed by atoms with Gasteiger partial charge in [-0.3, -0.25) is 20.0 Å². The van der Waals surface area contributed by atoms with Crippen molar-refractivity contribution in [3.8, 4) is 17.1 Å². The Balaban J connectivity index is 1.66. The Bertz CT molecular complexity index is 817. The van der Waals surface area contributed by atoms with E-state index in [2.05, 4.69) is 20.5 Å². The minimum absolute atomic E-state index is 0.0665. The second kappa shape index (κ2) is 8.20. The number of anilines is 1. The minimum atomic E-state index is -0.255. The summed E-state index contributed by atoms with van der Waals surface area (Å²) in [7, 11) is 1.59. The predicted octanol–water partition coefficient (Wildman–Crippen LogP) is 2.31. The predicted molar refractivity (Wildman–Crippen MR) is 101 cm³/mol. The first kappa shape index (κ1) is 18.9. The number of hydrogen-bond donors (Lipinski definition) is 2. The summed E-state index contributed by atoms with van der Waals surface area (Å²) in [6.07, 6.45) is 1.56. The van der Waals surface area contributed by atoms with Crippen LogP contribution < -0.4 is 10.1 Å². The molecule has 0 saturated carbocycles. The Kier molecular flexibility index (Phi) is 5.73. The van der Waals surface area contributed by atoms with Gasteiger partial charge in [0.2, 0.25) is 17.8 Å². The van der Waals surface area contributed by atoms with Crippen molar-refractivity contribution < 1.29 is 14.3 Å². The molecule has 2 N–H and O–H groups in total. The number of rotatable bonds is 5. The average molecular weight is 371 g/mol. The fraction of sp³-hybridized carbons (Fsp3) is 0.474. The smallest absolute Gasteiger partial charge is 0.249 e. The lowest BCUT2D eigenvalue weighted by Crippen LogP contribution is -2.45. The van der Waals surface area contributed by atoms with E-state index in [1.54, 1.807) is 12.0 Å². The first-order valence-electron chi connectivity index (χ1n) is 9.15. The van der Waals surface area contributed by atoms with E-state index in [0.717, 1.165) is 18.4 Å². The molecule has 0 aliphatic carbocycles. The zero-order valence-corrected chi connectivity index (χ0v) is 15.9. The Morgan fingerprint density at radius 2 is 2.11 bits per heavy atom. The number of carbonyl (C=O) groups excluding carboxylic acids is 2. The highest BCUT2D eigenvalue weighted by Crippen LogP contribution is 2.27. The molecule has 27 heavy (non-hydrogen) atoms. The molecule has 144 valence electrons. The van der Waals surface area contributed by atoms with Gasteiger partial charge < -0.3 is 9.64 Å². The summed E-state index contributed by atoms with van der Waals surface area (Å²) in [5.74, 6) is 1.00. The molecule has 1 aromatic carbocycles. The molecular weight excluding hydrogens is 346 g/mol. The number of nitrogens with zero attached hydrogens (tertiary/aromatic N) is 3. The van der Waals surface area contributed by atoms with Crippen molar-refractivity contribution in [3.05, 3.63) is 24.3 Å². The fourth-order valence-corrected chi connectivity index (χ4v) is 3.25. The van der Waals surface area contributed by atoms with Crippen LogP contribution in [0.2, 0.25) is 0 Å². The van der Waals surface area contributed by atoms with E-state index in [-0.39, 0.29) is 29.6 Å². The Morgan fingerprint density at radius 1 is 1.33 bits per heavy atom. The number of para-hydroxylation sites is 1. The molecule has 2 heterocycles. The van der Waals surface area contributed by atoms with Gasteiger partial charge in [0.1, 0.15) is 5.75 Å². The Morgan fingerprint density at radius 3 is 2.85 bits per heavy atom. The van der Waals surface area contributed by atoms with E-state index in [4.69, 9.17) is 4.74 Å². The molecule has 0 bridgehead atoms. The number of likely N-dealkylation sites (tertiary alicyclic amines) is 1. The summed E-state index contributed by atoms with van der Waals surface area (Å²) < 4.78 is 5.33. The number of ether oxygens (including phenoxy) is 1. The Hall–Kier alpha value is -2.90. The van der Waals surface area contributed by atoms with Gasteiger partial charge in [0.05, 0.1) is 18.6 Å². The molecule has 0 spiro atoms. The zero-order valence-electron chi connectivity index (χ0n) is 15.9. The van der Waals surface area contributed by atoms with Crippen molar-refractivity contribution in [1.29, 1.82) is 0 Å². The van der Waals surface area contributed by atoms with Crippen LogP contribution in [0.15, 0.2) is 24.3 Å². The molecule has 0 radical (unpaired) electrons. The summed E-state index contributed by atoms with van der Waals surface area (Å²) in [5, 5.41) is 9.66. The molecule has 1 aromatic heterocycles. The molecule has 8 heteroatoms. The van der Waals surface area contributed by atoms with Crippen molar-refractivity contribution in [3.63, 3.8) is 0 Å². The second-order valence-electron chi connectivity index (χ2n) is 6.98. The monoisotopic (exact) mass is 371 g/mol. The van der Waals surface area contributed by atoms with Crippen LogP contribution >= 0.6 is 0 Å². The molecular formula is C19H25N5O3. The van der Waals surface area contributed by atoms with Gasteiger partial charge in [-0.05, 0) is 25.0 Å². The Labute approximate surface area is 158 Å². The van der Waals surface area contributed by atoms with E-state index < -0.39 is 0 Å². The van der Waals surface area contributed by atoms with Crippen LogP contribution in [0, 0.1) is 11.8 Å². The maximum atomic E-state index is 12.6. The molecule has 1 saturated heterocycles. The van der Waals surface area contributed by atoms with Crippen LogP contribution in [-0.4, -0.2) is 52.1 Å². The highest BCUT2D eigenvalue weighted by molar-refractivity contribution is 5.92. The first-order chi connectivity index (χ1) is 13.0. The van der Waals surface area contributed by atoms with Crippen LogP contribution in [0.25, 0.3) is 11.4 Å². The average Bonchev–Trinajstić information content (AvgIpc) is 3.15. The van der Waals surface area contributed by atoms with E-state index in [0.29, 0.717) is 24.7 Å². The third kappa shape index (κ3) is 4.27. The second-order valence-corrected chi connectivity index (χ2v) is 6.98. The van der Waals surface area contributed by atoms with Crippen molar-refractivity contribution in [1.82, 2.24) is 20.1 Å². The lowest BCUT2D eigenvalue weighted by atomic mass is 9.96. The standard InChI is InChI=1S/C19H25N5O3/c1-12(2)18(26)24-10-6-7-13(11-24)17(25)21-19-20-16(22-23-19)14-8-4-5-9-15(14)27-3/h4-5,8-9,12-13H,6-7,10-11H2,1-3H3,(H2,20,21,22,23,25)/t13-/m1/s1. The molecule has 1 fully saturated rings. The number of amides is 2. The lowest BCUT2D eigenvalue weighted by molar-refractivity contribution is -0.137. The van der Waals surface area contributed by atoms with Crippen molar-refractivity contribution in [2.45, 2.75) is 26.7 Å². The minimum Gasteiger partial charge on any atom is -0.496 e. The number of piperidine rings is 1. The van der Waals surface area contributed by atoms with E-state index in [9.17, 15) is 9.59 Å². The van der Waals surface area contributed by atoms with Gasteiger partial charge in [0.15, 0.2) is 5.82 Å². The summed E-state index contributed by atoms with van der Waals surface area (Å²) in [5.41, 5.74) is 0.763. The zero-order chi connectivity index (χ0) is 19.4. The molecule has 1 aliphatic heterocycles. The molecule has 0 unspecified atom stereocenters. The fourth-order valence-electron chi connectivity index (χ4n) is 3.25. The summed E-state index contributed by atoms with van der Waals surface area (Å²) >= 11 is 0. The van der Waals surface area contributed by atoms with Crippen LogP contribution in [0.1, 0.15) is 26.7 Å². The normalized spacial score (nSPS) is 17.0. The van der Waals surface area contributed by atoms with Gasteiger partial charge in [-0.15, -0.1) is 5.10 Å². The molecule has 3 rings (SSSR count). The van der Waals surface area contributed by atoms with Crippen LogP contribution in [0.4, 0.5) is 5.95 Å². The number of aromatic nitrogens is 3. The van der Waals surface area contributed by atoms with Gasteiger partial charge in [0, 0.05) is 19.0 Å². The summed E-state index contributed by atoms with van der Waals surface area (Å²) in [6, 6.07) is 7.44. The first-order valence-corrected chi connectivity index (χ1v) is 9.15. The molecule has 2 aromatic rings.